The molecule has 0 atom stereocenters. The van der Waals surface area contributed by atoms with E-state index in [-0.39, 0.29) is 18.1 Å². The zero-order valence-electron chi connectivity index (χ0n) is 10.4. The molecule has 1 aromatic heterocycles. The van der Waals surface area contributed by atoms with Crippen LogP contribution < -0.4 is 5.32 Å². The number of rotatable bonds is 3. The Morgan fingerprint density at radius 1 is 1.47 bits per heavy atom. The number of hydrogen-bond acceptors (Lipinski definition) is 5. The van der Waals surface area contributed by atoms with E-state index >= 15 is 0 Å². The van der Waals surface area contributed by atoms with Crippen molar-refractivity contribution in [1.82, 2.24) is 20.3 Å². The molecule has 0 saturated heterocycles. The number of esters is 1. The summed E-state index contributed by atoms with van der Waals surface area (Å²) >= 11 is 0. The number of hydrogen-bond donors (Lipinski definition) is 1. The van der Waals surface area contributed by atoms with Crippen LogP contribution in [0.1, 0.15) is 31.3 Å². The first kappa shape index (κ1) is 13.1. The Hall–Kier alpha value is -1.92. The summed E-state index contributed by atoms with van der Waals surface area (Å²) in [5.74, 6) is -0.772. The van der Waals surface area contributed by atoms with Gasteiger partial charge >= 0.3 is 5.97 Å². The summed E-state index contributed by atoms with van der Waals surface area (Å²) in [5, 5.41) is 9.71. The van der Waals surface area contributed by atoms with Crippen LogP contribution in [0.3, 0.4) is 0 Å². The van der Waals surface area contributed by atoms with Crippen molar-refractivity contribution in [2.24, 2.45) is 0 Å². The van der Waals surface area contributed by atoms with E-state index in [1.165, 1.54) is 17.9 Å². The molecular formula is C10H16N4O3. The SMILES string of the molecule is CNC(=O)c1cn(CC(=O)OC(C)(C)C)nn1. The fourth-order valence-electron chi connectivity index (χ4n) is 1.11. The van der Waals surface area contributed by atoms with Crippen molar-refractivity contribution in [2.75, 3.05) is 7.05 Å². The smallest absolute Gasteiger partial charge is 0.328 e. The second kappa shape index (κ2) is 4.94. The van der Waals surface area contributed by atoms with Gasteiger partial charge in [0.05, 0.1) is 6.20 Å². The normalized spacial score (nSPS) is 11.1. The highest BCUT2D eigenvalue weighted by Gasteiger charge is 2.17. The molecule has 7 heteroatoms. The third-order valence-corrected chi connectivity index (χ3v) is 1.71. The molecule has 0 unspecified atom stereocenters. The van der Waals surface area contributed by atoms with Crippen LogP contribution in [-0.2, 0) is 16.1 Å². The molecule has 1 N–H and O–H groups in total. The molecular weight excluding hydrogens is 224 g/mol. The first-order valence-electron chi connectivity index (χ1n) is 5.16. The lowest BCUT2D eigenvalue weighted by molar-refractivity contribution is -0.155. The lowest BCUT2D eigenvalue weighted by atomic mass is 10.2. The van der Waals surface area contributed by atoms with Gasteiger partial charge in [0.25, 0.3) is 5.91 Å². The molecule has 0 saturated carbocycles. The molecule has 0 radical (unpaired) electrons. The van der Waals surface area contributed by atoms with Gasteiger partial charge < -0.3 is 10.1 Å². The van der Waals surface area contributed by atoms with Crippen molar-refractivity contribution < 1.29 is 14.3 Å². The summed E-state index contributed by atoms with van der Waals surface area (Å²) < 4.78 is 6.37. The average molecular weight is 240 g/mol. The first-order valence-corrected chi connectivity index (χ1v) is 5.16. The van der Waals surface area contributed by atoms with Gasteiger partial charge in [-0.2, -0.15) is 0 Å². The largest absolute Gasteiger partial charge is 0.459 e. The van der Waals surface area contributed by atoms with Crippen LogP contribution in [-0.4, -0.2) is 39.5 Å². The van der Waals surface area contributed by atoms with Gasteiger partial charge in [0.2, 0.25) is 0 Å². The highest BCUT2D eigenvalue weighted by Crippen LogP contribution is 2.07. The van der Waals surface area contributed by atoms with Crippen LogP contribution in [0.2, 0.25) is 0 Å². The van der Waals surface area contributed by atoms with E-state index < -0.39 is 11.6 Å². The minimum absolute atomic E-state index is 0.0682. The molecule has 0 aliphatic carbocycles. The second-order valence-electron chi connectivity index (χ2n) is 4.47. The van der Waals surface area contributed by atoms with Crippen molar-refractivity contribution in [1.29, 1.82) is 0 Å². The summed E-state index contributed by atoms with van der Waals surface area (Å²) in [4.78, 5) is 22.7. The Kier molecular flexibility index (Phi) is 3.82. The third-order valence-electron chi connectivity index (χ3n) is 1.71. The number of amides is 1. The second-order valence-corrected chi connectivity index (χ2v) is 4.47. The highest BCUT2D eigenvalue weighted by atomic mass is 16.6. The number of nitrogens with one attached hydrogen (secondary N) is 1. The van der Waals surface area contributed by atoms with Crippen molar-refractivity contribution >= 4 is 11.9 Å². The fraction of sp³-hybridized carbons (Fsp3) is 0.600. The van der Waals surface area contributed by atoms with Gasteiger partial charge in [-0.1, -0.05) is 5.21 Å². The Morgan fingerprint density at radius 3 is 2.65 bits per heavy atom. The molecule has 0 aromatic carbocycles. The Bertz CT molecular complexity index is 419. The van der Waals surface area contributed by atoms with Gasteiger partial charge in [0.15, 0.2) is 5.69 Å². The number of carbonyl (C=O) groups excluding carboxylic acids is 2. The lowest BCUT2D eigenvalue weighted by Gasteiger charge is -2.19. The molecule has 1 heterocycles. The van der Waals surface area contributed by atoms with Crippen LogP contribution in [0.25, 0.3) is 0 Å². The standard InChI is InChI=1S/C10H16N4O3/c1-10(2,3)17-8(15)6-14-5-7(12-13-14)9(16)11-4/h5H,6H2,1-4H3,(H,11,16). The monoisotopic (exact) mass is 240 g/mol. The first-order chi connectivity index (χ1) is 7.81. The summed E-state index contributed by atoms with van der Waals surface area (Å²) in [6, 6.07) is 0. The number of ether oxygens (including phenoxy) is 1. The Labute approximate surface area is 99.1 Å². The van der Waals surface area contributed by atoms with Gasteiger partial charge in [0.1, 0.15) is 12.1 Å². The van der Waals surface area contributed by atoms with Crippen LogP contribution in [0.15, 0.2) is 6.20 Å². The van der Waals surface area contributed by atoms with E-state index in [0.717, 1.165) is 0 Å². The molecule has 94 valence electrons. The van der Waals surface area contributed by atoms with E-state index in [1.54, 1.807) is 20.8 Å². The van der Waals surface area contributed by atoms with Crippen LogP contribution in [0, 0.1) is 0 Å². The summed E-state index contributed by atoms with van der Waals surface area (Å²) in [6.07, 6.45) is 1.39. The zero-order chi connectivity index (χ0) is 13.1. The quantitative estimate of drug-likeness (QED) is 0.750. The predicted molar refractivity (Wildman–Crippen MR) is 59.3 cm³/mol. The molecule has 0 aliphatic heterocycles. The summed E-state index contributed by atoms with van der Waals surface area (Å²) in [7, 11) is 1.50. The maximum absolute atomic E-state index is 11.5. The predicted octanol–water partition coefficient (Wildman–Crippen LogP) is -0.0206. The van der Waals surface area contributed by atoms with Crippen molar-refractivity contribution in [3.63, 3.8) is 0 Å². The minimum Gasteiger partial charge on any atom is -0.459 e. The molecule has 0 bridgehead atoms. The highest BCUT2D eigenvalue weighted by molar-refractivity contribution is 5.91. The molecule has 0 fully saturated rings. The van der Waals surface area contributed by atoms with E-state index in [0.29, 0.717) is 0 Å². The topological polar surface area (TPSA) is 86.1 Å². The minimum atomic E-state index is -0.540. The molecule has 1 rings (SSSR count). The third kappa shape index (κ3) is 4.21. The van der Waals surface area contributed by atoms with Crippen LogP contribution >= 0.6 is 0 Å². The maximum atomic E-state index is 11.5. The van der Waals surface area contributed by atoms with E-state index in [9.17, 15) is 9.59 Å². The van der Waals surface area contributed by atoms with Gasteiger partial charge in [-0.05, 0) is 20.8 Å². The summed E-state index contributed by atoms with van der Waals surface area (Å²) in [5.41, 5.74) is -0.377. The zero-order valence-corrected chi connectivity index (χ0v) is 10.4. The van der Waals surface area contributed by atoms with Crippen molar-refractivity contribution in [3.05, 3.63) is 11.9 Å². The molecule has 0 spiro atoms. The Morgan fingerprint density at radius 2 is 2.12 bits per heavy atom. The van der Waals surface area contributed by atoms with Crippen molar-refractivity contribution in [2.45, 2.75) is 32.9 Å². The molecule has 1 amide bonds. The van der Waals surface area contributed by atoms with Gasteiger partial charge in [-0.15, -0.1) is 5.10 Å². The lowest BCUT2D eigenvalue weighted by Crippen LogP contribution is -2.26. The van der Waals surface area contributed by atoms with E-state index in [2.05, 4.69) is 15.6 Å². The van der Waals surface area contributed by atoms with Gasteiger partial charge in [0, 0.05) is 7.05 Å². The molecule has 0 aliphatic rings. The van der Waals surface area contributed by atoms with Gasteiger partial charge in [-0.3, -0.25) is 9.59 Å². The number of carbonyl (C=O) groups is 2. The molecule has 17 heavy (non-hydrogen) atoms. The average Bonchev–Trinajstić information content (AvgIpc) is 2.62. The van der Waals surface area contributed by atoms with E-state index in [4.69, 9.17) is 4.74 Å². The van der Waals surface area contributed by atoms with Crippen LogP contribution in [0.4, 0.5) is 0 Å². The Balaban J connectivity index is 2.61. The molecule has 1 aromatic rings. The fourth-order valence-corrected chi connectivity index (χ4v) is 1.11. The summed E-state index contributed by atoms with van der Waals surface area (Å²) in [6.45, 7) is 5.27. The van der Waals surface area contributed by atoms with Crippen LogP contribution in [0.5, 0.6) is 0 Å². The maximum Gasteiger partial charge on any atom is 0.328 e. The van der Waals surface area contributed by atoms with E-state index in [1.807, 2.05) is 0 Å². The number of nitrogens with zero attached hydrogens (tertiary/aromatic N) is 3. The molecule has 7 nitrogen and oxygen atoms in total. The number of aromatic nitrogens is 3. The van der Waals surface area contributed by atoms with Crippen molar-refractivity contribution in [3.8, 4) is 0 Å². The van der Waals surface area contributed by atoms with Gasteiger partial charge in [-0.25, -0.2) is 4.68 Å².